The Morgan fingerprint density at radius 3 is 3.00 bits per heavy atom. The van der Waals surface area contributed by atoms with Crippen LogP contribution in [0.25, 0.3) is 0 Å². The minimum atomic E-state index is 0.661. The van der Waals surface area contributed by atoms with Crippen molar-refractivity contribution in [1.82, 2.24) is 4.90 Å². The van der Waals surface area contributed by atoms with E-state index in [1.165, 1.54) is 38.9 Å². The smallest absolute Gasteiger partial charge is 0.0727 e. The molecule has 0 aliphatic carbocycles. The van der Waals surface area contributed by atoms with Crippen molar-refractivity contribution in [1.29, 1.82) is 0 Å². The summed E-state index contributed by atoms with van der Waals surface area (Å²) in [6.45, 7) is 6.03. The quantitative estimate of drug-likeness (QED) is 0.687. The summed E-state index contributed by atoms with van der Waals surface area (Å²) in [5.41, 5.74) is 5.47. The third-order valence-corrected chi connectivity index (χ3v) is 3.17. The van der Waals surface area contributed by atoms with Gasteiger partial charge in [0.1, 0.15) is 0 Å². The Kier molecular flexibility index (Phi) is 5.41. The van der Waals surface area contributed by atoms with Gasteiger partial charge in [0.25, 0.3) is 0 Å². The average molecular weight is 214 g/mol. The van der Waals surface area contributed by atoms with Gasteiger partial charge in [-0.25, -0.2) is 0 Å². The number of hydrogen-bond acceptors (Lipinski definition) is 2. The van der Waals surface area contributed by atoms with E-state index in [1.54, 1.807) is 0 Å². The minimum Gasteiger partial charge on any atom is -0.393 e. The summed E-state index contributed by atoms with van der Waals surface area (Å²) in [5.74, 6) is 0.949. The minimum absolute atomic E-state index is 0.661. The van der Waals surface area contributed by atoms with E-state index in [1.807, 2.05) is 0 Å². The van der Waals surface area contributed by atoms with Gasteiger partial charge in [-0.15, -0.1) is 0 Å². The third-order valence-electron chi connectivity index (χ3n) is 2.96. The molecule has 0 bridgehead atoms. The Balaban J connectivity index is 2.07. The van der Waals surface area contributed by atoms with Gasteiger partial charge in [0.15, 0.2) is 0 Å². The van der Waals surface area contributed by atoms with Crippen LogP contribution in [0, 0.1) is 5.92 Å². The van der Waals surface area contributed by atoms with E-state index < -0.39 is 0 Å². The van der Waals surface area contributed by atoms with Crippen molar-refractivity contribution >= 4 is 17.2 Å². The Labute approximate surface area is 92.8 Å². The highest BCUT2D eigenvalue weighted by Crippen LogP contribution is 2.20. The molecule has 1 rings (SSSR count). The maximum atomic E-state index is 5.47. The van der Waals surface area contributed by atoms with Crippen molar-refractivity contribution in [3.8, 4) is 0 Å². The molecule has 14 heavy (non-hydrogen) atoms. The van der Waals surface area contributed by atoms with E-state index in [4.69, 9.17) is 18.0 Å². The van der Waals surface area contributed by atoms with Crippen LogP contribution in [0.2, 0.25) is 0 Å². The Hall–Kier alpha value is -0.150. The fourth-order valence-corrected chi connectivity index (χ4v) is 2.38. The Morgan fingerprint density at radius 1 is 1.57 bits per heavy atom. The molecule has 1 fully saturated rings. The molecule has 3 heteroatoms. The summed E-state index contributed by atoms with van der Waals surface area (Å²) in [4.78, 5) is 3.22. The zero-order valence-corrected chi connectivity index (χ0v) is 9.98. The monoisotopic (exact) mass is 214 g/mol. The summed E-state index contributed by atoms with van der Waals surface area (Å²) in [5, 5.41) is 0. The van der Waals surface area contributed by atoms with Crippen LogP contribution in [0.3, 0.4) is 0 Å². The first-order valence-corrected chi connectivity index (χ1v) is 6.14. The molecule has 0 aromatic heterocycles. The van der Waals surface area contributed by atoms with Gasteiger partial charge >= 0.3 is 0 Å². The summed E-state index contributed by atoms with van der Waals surface area (Å²) >= 11 is 4.86. The molecule has 0 spiro atoms. The van der Waals surface area contributed by atoms with Crippen LogP contribution in [0.1, 0.15) is 39.0 Å². The van der Waals surface area contributed by atoms with E-state index >= 15 is 0 Å². The predicted octanol–water partition coefficient (Wildman–Crippen LogP) is 2.17. The molecular weight excluding hydrogens is 192 g/mol. The maximum absolute atomic E-state index is 5.47. The van der Waals surface area contributed by atoms with Crippen molar-refractivity contribution in [3.05, 3.63) is 0 Å². The van der Waals surface area contributed by atoms with Crippen LogP contribution in [0.5, 0.6) is 0 Å². The molecule has 0 saturated carbocycles. The van der Waals surface area contributed by atoms with Crippen molar-refractivity contribution in [2.45, 2.75) is 39.0 Å². The van der Waals surface area contributed by atoms with Crippen LogP contribution in [0.15, 0.2) is 0 Å². The zero-order chi connectivity index (χ0) is 10.4. The molecular formula is C11H22N2S. The number of hydrogen-bond donors (Lipinski definition) is 1. The number of nitrogens with two attached hydrogens (primary N) is 1. The molecule has 0 amide bonds. The van der Waals surface area contributed by atoms with Gasteiger partial charge < -0.3 is 10.6 Å². The molecule has 2 N–H and O–H groups in total. The molecule has 2 nitrogen and oxygen atoms in total. The molecule has 1 aliphatic heterocycles. The lowest BCUT2D eigenvalue weighted by Gasteiger charge is -2.15. The molecule has 0 aromatic rings. The lowest BCUT2D eigenvalue weighted by molar-refractivity contribution is 0.318. The average Bonchev–Trinajstić information content (AvgIpc) is 2.53. The van der Waals surface area contributed by atoms with Crippen LogP contribution in [0.4, 0.5) is 0 Å². The molecule has 82 valence electrons. The topological polar surface area (TPSA) is 29.3 Å². The first-order valence-electron chi connectivity index (χ1n) is 5.73. The second-order valence-electron chi connectivity index (χ2n) is 4.31. The number of thiocarbonyl (C=S) groups is 1. The first-order chi connectivity index (χ1) is 6.72. The number of nitrogens with zero attached hydrogens (tertiary/aromatic N) is 1. The molecule has 1 heterocycles. The predicted molar refractivity (Wildman–Crippen MR) is 65.5 cm³/mol. The molecule has 0 radical (unpaired) electrons. The second-order valence-corrected chi connectivity index (χ2v) is 4.84. The van der Waals surface area contributed by atoms with E-state index in [0.717, 1.165) is 18.8 Å². The summed E-state index contributed by atoms with van der Waals surface area (Å²) in [6.07, 6.45) is 6.15. The lowest BCUT2D eigenvalue weighted by atomic mass is 10.0. The third kappa shape index (κ3) is 4.38. The second kappa shape index (κ2) is 6.36. The first kappa shape index (κ1) is 11.9. The molecule has 1 unspecified atom stereocenters. The van der Waals surface area contributed by atoms with Crippen LogP contribution in [-0.4, -0.2) is 29.5 Å². The van der Waals surface area contributed by atoms with E-state index in [0.29, 0.717) is 4.99 Å². The van der Waals surface area contributed by atoms with Gasteiger partial charge in [-0.05, 0) is 44.7 Å². The van der Waals surface area contributed by atoms with Crippen molar-refractivity contribution in [3.63, 3.8) is 0 Å². The fraction of sp³-hybridized carbons (Fsp3) is 0.909. The van der Waals surface area contributed by atoms with Gasteiger partial charge in [-0.3, -0.25) is 0 Å². The van der Waals surface area contributed by atoms with Crippen molar-refractivity contribution in [2.75, 3.05) is 19.6 Å². The maximum Gasteiger partial charge on any atom is 0.0727 e. The summed E-state index contributed by atoms with van der Waals surface area (Å²) in [7, 11) is 0. The standard InChI is InChI=1S/C11H22N2S/c1-2-4-10-6-8-13(9-10)7-3-5-11(12)14/h10H,2-9H2,1H3,(H2,12,14). The largest absolute Gasteiger partial charge is 0.393 e. The van der Waals surface area contributed by atoms with Crippen molar-refractivity contribution < 1.29 is 0 Å². The van der Waals surface area contributed by atoms with Gasteiger partial charge in [-0.2, -0.15) is 0 Å². The van der Waals surface area contributed by atoms with Gasteiger partial charge in [0, 0.05) is 6.54 Å². The van der Waals surface area contributed by atoms with Crippen molar-refractivity contribution in [2.24, 2.45) is 11.7 Å². The van der Waals surface area contributed by atoms with E-state index in [9.17, 15) is 0 Å². The lowest BCUT2D eigenvalue weighted by Crippen LogP contribution is -2.23. The van der Waals surface area contributed by atoms with Gasteiger partial charge in [0.05, 0.1) is 4.99 Å². The highest BCUT2D eigenvalue weighted by atomic mass is 32.1. The normalized spacial score (nSPS) is 22.8. The zero-order valence-electron chi connectivity index (χ0n) is 9.17. The Bertz CT molecular complexity index is 182. The van der Waals surface area contributed by atoms with Crippen LogP contribution < -0.4 is 5.73 Å². The molecule has 1 saturated heterocycles. The SMILES string of the molecule is CCCC1CCN(CCCC(N)=S)C1. The van der Waals surface area contributed by atoms with Crippen LogP contribution >= 0.6 is 12.2 Å². The highest BCUT2D eigenvalue weighted by Gasteiger charge is 2.20. The van der Waals surface area contributed by atoms with Crippen LogP contribution in [-0.2, 0) is 0 Å². The molecule has 1 atom stereocenters. The van der Waals surface area contributed by atoms with Gasteiger partial charge in [-0.1, -0.05) is 25.6 Å². The van der Waals surface area contributed by atoms with E-state index in [2.05, 4.69) is 11.8 Å². The van der Waals surface area contributed by atoms with Gasteiger partial charge in [0.2, 0.25) is 0 Å². The summed E-state index contributed by atoms with van der Waals surface area (Å²) in [6, 6.07) is 0. The molecule has 1 aliphatic rings. The fourth-order valence-electron chi connectivity index (χ4n) is 2.24. The Morgan fingerprint density at radius 2 is 2.36 bits per heavy atom. The number of likely N-dealkylation sites (tertiary alicyclic amines) is 1. The molecule has 0 aromatic carbocycles. The highest BCUT2D eigenvalue weighted by molar-refractivity contribution is 7.80. The number of rotatable bonds is 6. The summed E-state index contributed by atoms with van der Waals surface area (Å²) < 4.78 is 0. The van der Waals surface area contributed by atoms with E-state index in [-0.39, 0.29) is 0 Å².